The number of H-pyrrole nitrogens is 1. The molecular weight excluding hydrogens is 318 g/mol. The van der Waals surface area contributed by atoms with Gasteiger partial charge in [0.15, 0.2) is 5.66 Å². The number of hydrogen-bond acceptors (Lipinski definition) is 4. The number of aromatic nitrogens is 1. The first-order valence-corrected chi connectivity index (χ1v) is 8.71. The number of nitrogens with zero attached hydrogens (tertiary/aromatic N) is 2. The summed E-state index contributed by atoms with van der Waals surface area (Å²) in [6.07, 6.45) is 12.1. The molecule has 2 amide bonds. The Morgan fingerprint density at radius 3 is 2.64 bits per heavy atom. The van der Waals surface area contributed by atoms with E-state index in [2.05, 4.69) is 31.8 Å². The number of carbonyl (C=O) groups excluding carboxylic acids is 2. The first-order valence-electron chi connectivity index (χ1n) is 8.71. The Kier molecular flexibility index (Phi) is 4.88. The van der Waals surface area contributed by atoms with Gasteiger partial charge in [0.25, 0.3) is 5.91 Å². The van der Waals surface area contributed by atoms with Crippen molar-refractivity contribution in [2.24, 2.45) is 10.2 Å². The molecule has 1 fully saturated rings. The van der Waals surface area contributed by atoms with E-state index in [1.54, 1.807) is 18.3 Å². The molecule has 0 bridgehead atoms. The highest BCUT2D eigenvalue weighted by atomic mass is 16.2. The van der Waals surface area contributed by atoms with Crippen LogP contribution in [0.5, 0.6) is 0 Å². The number of aromatic amines is 1. The first-order chi connectivity index (χ1) is 12.1. The SMILES string of the molecule is C#CCCC1(CCNC(=O)C2(NC(=O)c3ccc[nH]3)CCCC2)N=N1. The van der Waals surface area contributed by atoms with Gasteiger partial charge in [-0.15, -0.1) is 12.3 Å². The van der Waals surface area contributed by atoms with Crippen LogP contribution in [0.2, 0.25) is 0 Å². The molecule has 1 saturated carbocycles. The van der Waals surface area contributed by atoms with Gasteiger partial charge in [0, 0.05) is 32.0 Å². The lowest BCUT2D eigenvalue weighted by molar-refractivity contribution is -0.127. The predicted molar refractivity (Wildman–Crippen MR) is 92.7 cm³/mol. The molecule has 0 radical (unpaired) electrons. The second kappa shape index (κ2) is 7.09. The molecule has 7 heteroatoms. The van der Waals surface area contributed by atoms with Gasteiger partial charge in [-0.05, 0) is 25.0 Å². The highest BCUT2D eigenvalue weighted by molar-refractivity contribution is 5.98. The molecule has 132 valence electrons. The quantitative estimate of drug-likeness (QED) is 0.631. The lowest BCUT2D eigenvalue weighted by Gasteiger charge is -2.29. The van der Waals surface area contributed by atoms with Crippen molar-refractivity contribution in [2.75, 3.05) is 6.54 Å². The number of nitrogens with one attached hydrogen (secondary N) is 3. The molecule has 3 N–H and O–H groups in total. The van der Waals surface area contributed by atoms with Crippen LogP contribution in [0.15, 0.2) is 28.6 Å². The summed E-state index contributed by atoms with van der Waals surface area (Å²) in [5, 5.41) is 14.0. The van der Waals surface area contributed by atoms with Crippen molar-refractivity contribution in [1.29, 1.82) is 0 Å². The van der Waals surface area contributed by atoms with Crippen molar-refractivity contribution in [3.8, 4) is 12.3 Å². The van der Waals surface area contributed by atoms with E-state index in [0.717, 1.165) is 12.8 Å². The number of hydrogen-bond donors (Lipinski definition) is 3. The van der Waals surface area contributed by atoms with Gasteiger partial charge in [0.2, 0.25) is 5.91 Å². The van der Waals surface area contributed by atoms with Crippen LogP contribution in [0.4, 0.5) is 0 Å². The van der Waals surface area contributed by atoms with Crippen molar-refractivity contribution >= 4 is 11.8 Å². The van der Waals surface area contributed by atoms with Gasteiger partial charge in [-0.1, -0.05) is 12.8 Å². The summed E-state index contributed by atoms with van der Waals surface area (Å²) >= 11 is 0. The van der Waals surface area contributed by atoms with Crippen LogP contribution in [0, 0.1) is 12.3 Å². The van der Waals surface area contributed by atoms with E-state index in [-0.39, 0.29) is 11.8 Å². The van der Waals surface area contributed by atoms with E-state index < -0.39 is 11.2 Å². The Bertz CT molecular complexity index is 690. The molecule has 2 heterocycles. The molecular formula is C18H23N5O2. The molecule has 25 heavy (non-hydrogen) atoms. The summed E-state index contributed by atoms with van der Waals surface area (Å²) in [6.45, 7) is 0.469. The van der Waals surface area contributed by atoms with Gasteiger partial charge < -0.3 is 15.6 Å². The fraction of sp³-hybridized carbons (Fsp3) is 0.556. The molecule has 0 aromatic carbocycles. The molecule has 1 aliphatic heterocycles. The largest absolute Gasteiger partial charge is 0.357 e. The summed E-state index contributed by atoms with van der Waals surface area (Å²) in [4.78, 5) is 28.0. The van der Waals surface area contributed by atoms with Gasteiger partial charge in [-0.2, -0.15) is 10.2 Å². The maximum absolute atomic E-state index is 12.8. The summed E-state index contributed by atoms with van der Waals surface area (Å²) in [7, 11) is 0. The number of carbonyl (C=O) groups is 2. The van der Waals surface area contributed by atoms with Gasteiger partial charge in [-0.3, -0.25) is 9.59 Å². The normalized spacial score (nSPS) is 19.2. The average Bonchev–Trinajstić information content (AvgIpc) is 3.03. The Morgan fingerprint density at radius 2 is 2.04 bits per heavy atom. The van der Waals surface area contributed by atoms with E-state index >= 15 is 0 Å². The number of terminal acetylenes is 1. The highest BCUT2D eigenvalue weighted by Gasteiger charge is 2.43. The van der Waals surface area contributed by atoms with E-state index in [1.165, 1.54) is 0 Å². The van der Waals surface area contributed by atoms with E-state index in [9.17, 15) is 9.59 Å². The van der Waals surface area contributed by atoms with Gasteiger partial charge in [0.1, 0.15) is 11.2 Å². The standard InChI is InChI=1S/C18H23N5O2/c1-2-3-10-18(22-23-18)11-13-20-16(25)17(8-4-5-9-17)21-15(24)14-7-6-12-19-14/h1,6-7,12,19H,3-5,8-11,13H2,(H,20,25)(H,21,24). The first kappa shape index (κ1) is 17.2. The molecule has 3 rings (SSSR count). The molecule has 0 saturated heterocycles. The van der Waals surface area contributed by atoms with Crippen LogP contribution in [-0.2, 0) is 4.79 Å². The monoisotopic (exact) mass is 341 g/mol. The zero-order valence-corrected chi connectivity index (χ0v) is 14.2. The lowest BCUT2D eigenvalue weighted by atomic mass is 9.95. The summed E-state index contributed by atoms with van der Waals surface area (Å²) in [6, 6.07) is 3.45. The van der Waals surface area contributed by atoms with Gasteiger partial charge in [0.05, 0.1) is 0 Å². The average molecular weight is 341 g/mol. The minimum absolute atomic E-state index is 0.127. The van der Waals surface area contributed by atoms with E-state index in [0.29, 0.717) is 44.3 Å². The van der Waals surface area contributed by atoms with Crippen LogP contribution in [0.3, 0.4) is 0 Å². The third-order valence-electron chi connectivity index (χ3n) is 4.95. The topological polar surface area (TPSA) is 98.7 Å². The van der Waals surface area contributed by atoms with Crippen molar-refractivity contribution in [2.45, 2.75) is 56.1 Å². The van der Waals surface area contributed by atoms with Crippen molar-refractivity contribution in [3.05, 3.63) is 24.0 Å². The number of rotatable bonds is 8. The molecule has 1 aromatic heterocycles. The van der Waals surface area contributed by atoms with E-state index in [4.69, 9.17) is 6.42 Å². The zero-order valence-electron chi connectivity index (χ0n) is 14.2. The second-order valence-electron chi connectivity index (χ2n) is 6.72. The molecule has 0 spiro atoms. The molecule has 2 aliphatic rings. The fourth-order valence-corrected chi connectivity index (χ4v) is 3.36. The predicted octanol–water partition coefficient (Wildman–Crippen LogP) is 2.14. The van der Waals surface area contributed by atoms with Crippen LogP contribution >= 0.6 is 0 Å². The minimum Gasteiger partial charge on any atom is -0.357 e. The summed E-state index contributed by atoms with van der Waals surface area (Å²) in [5.41, 5.74) is -0.773. The smallest absolute Gasteiger partial charge is 0.268 e. The lowest BCUT2D eigenvalue weighted by Crippen LogP contribution is -2.57. The molecule has 1 aliphatic carbocycles. The van der Waals surface area contributed by atoms with Crippen LogP contribution in [-0.4, -0.2) is 34.5 Å². The van der Waals surface area contributed by atoms with Crippen LogP contribution in [0.25, 0.3) is 0 Å². The van der Waals surface area contributed by atoms with Crippen molar-refractivity contribution < 1.29 is 9.59 Å². The van der Waals surface area contributed by atoms with Crippen LogP contribution in [0.1, 0.15) is 55.4 Å². The van der Waals surface area contributed by atoms with E-state index in [1.807, 2.05) is 0 Å². The second-order valence-corrected chi connectivity index (χ2v) is 6.72. The minimum atomic E-state index is -0.827. The third kappa shape index (κ3) is 3.90. The Labute approximate surface area is 147 Å². The molecule has 7 nitrogen and oxygen atoms in total. The fourth-order valence-electron chi connectivity index (χ4n) is 3.36. The van der Waals surface area contributed by atoms with Gasteiger partial charge in [-0.25, -0.2) is 0 Å². The Balaban J connectivity index is 1.54. The Hall–Kier alpha value is -2.62. The third-order valence-corrected chi connectivity index (χ3v) is 4.95. The summed E-state index contributed by atoms with van der Waals surface area (Å²) in [5.74, 6) is 2.21. The van der Waals surface area contributed by atoms with Crippen molar-refractivity contribution in [1.82, 2.24) is 15.6 Å². The summed E-state index contributed by atoms with van der Waals surface area (Å²) < 4.78 is 0. The highest BCUT2D eigenvalue weighted by Crippen LogP contribution is 2.36. The van der Waals surface area contributed by atoms with Gasteiger partial charge >= 0.3 is 0 Å². The van der Waals surface area contributed by atoms with Crippen molar-refractivity contribution in [3.63, 3.8) is 0 Å². The zero-order chi connectivity index (χ0) is 17.8. The number of amides is 2. The molecule has 1 aromatic rings. The maximum Gasteiger partial charge on any atom is 0.268 e. The Morgan fingerprint density at radius 1 is 1.28 bits per heavy atom. The molecule has 0 atom stereocenters. The molecule has 0 unspecified atom stereocenters. The maximum atomic E-state index is 12.8. The van der Waals surface area contributed by atoms with Crippen LogP contribution < -0.4 is 10.6 Å².